The first-order chi connectivity index (χ1) is 7.93. The summed E-state index contributed by atoms with van der Waals surface area (Å²) < 4.78 is 6.17. The molecule has 0 aromatic heterocycles. The first-order valence-electron chi connectivity index (χ1n) is 6.02. The molecule has 1 fully saturated rings. The van der Waals surface area contributed by atoms with E-state index in [-0.39, 0.29) is 0 Å². The average Bonchev–Trinajstić information content (AvgIpc) is 2.65. The van der Waals surface area contributed by atoms with Crippen molar-refractivity contribution in [2.75, 3.05) is 0 Å². The number of benzene rings is 1. The van der Waals surface area contributed by atoms with Gasteiger partial charge in [-0.1, -0.05) is 48.6 Å². The van der Waals surface area contributed by atoms with Crippen LogP contribution in [0.1, 0.15) is 17.2 Å². The van der Waals surface area contributed by atoms with Gasteiger partial charge in [0.25, 0.3) is 0 Å². The van der Waals surface area contributed by atoms with Crippen molar-refractivity contribution >= 4 is 0 Å². The van der Waals surface area contributed by atoms with Gasteiger partial charge in [0.2, 0.25) is 0 Å². The molecule has 0 radical (unpaired) electrons. The van der Waals surface area contributed by atoms with Crippen LogP contribution in [0, 0.1) is 11.8 Å². The summed E-state index contributed by atoms with van der Waals surface area (Å²) in [5.41, 5.74) is 2.89. The summed E-state index contributed by atoms with van der Waals surface area (Å²) >= 11 is 0. The highest BCUT2D eigenvalue weighted by atomic mass is 16.5. The smallest absolute Gasteiger partial charge is 0.0901 e. The summed E-state index contributed by atoms with van der Waals surface area (Å²) in [7, 11) is 0. The van der Waals surface area contributed by atoms with Gasteiger partial charge in [-0.3, -0.25) is 0 Å². The van der Waals surface area contributed by atoms with Gasteiger partial charge in [-0.05, 0) is 17.5 Å². The molecule has 2 aliphatic heterocycles. The minimum absolute atomic E-state index is 0.293. The lowest BCUT2D eigenvalue weighted by Crippen LogP contribution is -2.21. The zero-order valence-corrected chi connectivity index (χ0v) is 9.04. The van der Waals surface area contributed by atoms with Crippen LogP contribution in [0.15, 0.2) is 48.6 Å². The topological polar surface area (TPSA) is 9.23 Å². The minimum Gasteiger partial charge on any atom is -0.369 e. The van der Waals surface area contributed by atoms with Gasteiger partial charge < -0.3 is 4.74 Å². The highest BCUT2D eigenvalue weighted by Crippen LogP contribution is 2.50. The van der Waals surface area contributed by atoms with Crippen molar-refractivity contribution in [3.8, 4) is 0 Å². The Hall–Kier alpha value is -1.34. The van der Waals surface area contributed by atoms with E-state index in [4.69, 9.17) is 4.74 Å². The second kappa shape index (κ2) is 3.08. The predicted molar refractivity (Wildman–Crippen MR) is 63.0 cm³/mol. The predicted octanol–water partition coefficient (Wildman–Crippen LogP) is 3.04. The second-order valence-corrected chi connectivity index (χ2v) is 4.92. The third kappa shape index (κ3) is 1.04. The summed E-state index contributed by atoms with van der Waals surface area (Å²) in [6.45, 7) is 0. The summed E-state index contributed by atoms with van der Waals surface area (Å²) in [5, 5.41) is 0. The van der Waals surface area contributed by atoms with Crippen LogP contribution in [0.5, 0.6) is 0 Å². The Bertz CT molecular complexity index is 486. The monoisotopic (exact) mass is 210 g/mol. The van der Waals surface area contributed by atoms with E-state index >= 15 is 0 Å². The molecule has 0 amide bonds. The highest BCUT2D eigenvalue weighted by molar-refractivity contribution is 5.37. The fourth-order valence-corrected chi connectivity index (χ4v) is 3.37. The third-order valence-corrected chi connectivity index (χ3v) is 4.11. The Morgan fingerprint density at radius 1 is 1.00 bits per heavy atom. The van der Waals surface area contributed by atoms with Crippen molar-refractivity contribution in [3.63, 3.8) is 0 Å². The van der Waals surface area contributed by atoms with Crippen molar-refractivity contribution < 1.29 is 4.74 Å². The Labute approximate surface area is 95.4 Å². The lowest BCUT2D eigenvalue weighted by atomic mass is 9.84. The van der Waals surface area contributed by atoms with Crippen molar-refractivity contribution in [1.82, 2.24) is 0 Å². The van der Waals surface area contributed by atoms with E-state index < -0.39 is 0 Å². The fourth-order valence-electron chi connectivity index (χ4n) is 3.37. The zero-order valence-electron chi connectivity index (χ0n) is 9.04. The summed E-state index contributed by atoms with van der Waals surface area (Å²) in [6.07, 6.45) is 10.7. The molecule has 2 bridgehead atoms. The van der Waals surface area contributed by atoms with E-state index in [0.29, 0.717) is 24.0 Å². The van der Waals surface area contributed by atoms with Gasteiger partial charge in [-0.2, -0.15) is 0 Å². The molecule has 1 saturated heterocycles. The minimum atomic E-state index is 0.293. The van der Waals surface area contributed by atoms with Crippen LogP contribution in [0.4, 0.5) is 0 Å². The first-order valence-corrected chi connectivity index (χ1v) is 6.02. The van der Waals surface area contributed by atoms with Crippen molar-refractivity contribution in [1.29, 1.82) is 0 Å². The van der Waals surface area contributed by atoms with Crippen LogP contribution in [0.25, 0.3) is 0 Å². The molecule has 4 rings (SSSR count). The summed E-state index contributed by atoms with van der Waals surface area (Å²) in [4.78, 5) is 0. The molecule has 80 valence electrons. The molecule has 16 heavy (non-hydrogen) atoms. The van der Waals surface area contributed by atoms with Gasteiger partial charge >= 0.3 is 0 Å². The maximum atomic E-state index is 6.17. The Morgan fingerprint density at radius 3 is 2.75 bits per heavy atom. The van der Waals surface area contributed by atoms with Crippen LogP contribution in [0.2, 0.25) is 0 Å². The van der Waals surface area contributed by atoms with E-state index in [1.165, 1.54) is 11.1 Å². The normalized spacial score (nSPS) is 38.2. The number of hydrogen-bond donors (Lipinski definition) is 0. The molecule has 0 N–H and O–H groups in total. The second-order valence-electron chi connectivity index (χ2n) is 4.92. The molecule has 1 aliphatic carbocycles. The van der Waals surface area contributed by atoms with Gasteiger partial charge in [0.1, 0.15) is 0 Å². The maximum Gasteiger partial charge on any atom is 0.0901 e. The highest BCUT2D eigenvalue weighted by Gasteiger charge is 2.46. The van der Waals surface area contributed by atoms with Crippen LogP contribution in [-0.4, -0.2) is 6.10 Å². The van der Waals surface area contributed by atoms with E-state index in [1.54, 1.807) is 0 Å². The van der Waals surface area contributed by atoms with Crippen LogP contribution >= 0.6 is 0 Å². The molecular weight excluding hydrogens is 196 g/mol. The molecule has 1 aromatic rings. The number of hydrogen-bond acceptors (Lipinski definition) is 1. The molecule has 2 heterocycles. The van der Waals surface area contributed by atoms with E-state index in [0.717, 1.165) is 6.42 Å². The number of rotatable bonds is 0. The third-order valence-electron chi connectivity index (χ3n) is 4.11. The van der Waals surface area contributed by atoms with Crippen LogP contribution in [-0.2, 0) is 11.2 Å². The van der Waals surface area contributed by atoms with Gasteiger partial charge in [0.15, 0.2) is 0 Å². The van der Waals surface area contributed by atoms with Crippen molar-refractivity contribution in [3.05, 3.63) is 59.7 Å². The van der Waals surface area contributed by atoms with Gasteiger partial charge in [0, 0.05) is 11.8 Å². The van der Waals surface area contributed by atoms with Crippen LogP contribution < -0.4 is 0 Å². The van der Waals surface area contributed by atoms with E-state index in [9.17, 15) is 0 Å². The number of allylic oxidation sites excluding steroid dienone is 2. The molecule has 3 aliphatic rings. The molecule has 4 unspecified atom stereocenters. The summed E-state index contributed by atoms with van der Waals surface area (Å²) in [5.74, 6) is 1.14. The van der Waals surface area contributed by atoms with Crippen molar-refractivity contribution in [2.45, 2.75) is 18.6 Å². The zero-order chi connectivity index (χ0) is 10.5. The molecular formula is C15H14O. The standard InChI is InChI=1S/C15H14O/c1-2-6-11-10(5-1)9-14-12-7-3-4-8-13(12)15(11)16-14/h1-8,12-15H,9H2. The SMILES string of the molecule is C1=CC2C3Cc4ccccc4C(O3)C2C=C1. The average molecular weight is 210 g/mol. The number of fused-ring (bicyclic) bond motifs is 7. The van der Waals surface area contributed by atoms with Crippen molar-refractivity contribution in [2.24, 2.45) is 11.8 Å². The lowest BCUT2D eigenvalue weighted by molar-refractivity contribution is 0.0215. The number of ether oxygens (including phenoxy) is 1. The first kappa shape index (κ1) is 8.77. The van der Waals surface area contributed by atoms with Gasteiger partial charge in [0.05, 0.1) is 12.2 Å². The molecule has 1 heteroatoms. The summed E-state index contributed by atoms with van der Waals surface area (Å²) in [6, 6.07) is 8.74. The Morgan fingerprint density at radius 2 is 1.81 bits per heavy atom. The molecule has 1 aromatic carbocycles. The lowest BCUT2D eigenvalue weighted by Gasteiger charge is -2.24. The quantitative estimate of drug-likeness (QED) is 0.639. The molecule has 0 saturated carbocycles. The largest absolute Gasteiger partial charge is 0.369 e. The van der Waals surface area contributed by atoms with Crippen LogP contribution in [0.3, 0.4) is 0 Å². The molecule has 1 nitrogen and oxygen atoms in total. The van der Waals surface area contributed by atoms with E-state index in [2.05, 4.69) is 48.6 Å². The van der Waals surface area contributed by atoms with Gasteiger partial charge in [-0.15, -0.1) is 0 Å². The Balaban J connectivity index is 1.86. The van der Waals surface area contributed by atoms with Gasteiger partial charge in [-0.25, -0.2) is 0 Å². The fraction of sp³-hybridized carbons (Fsp3) is 0.333. The van der Waals surface area contributed by atoms with E-state index in [1.807, 2.05) is 0 Å². The molecule has 0 spiro atoms. The maximum absolute atomic E-state index is 6.17. The Kier molecular flexibility index (Phi) is 1.69. The molecule has 4 atom stereocenters.